The number of nitrogens with zero attached hydrogens (tertiary/aromatic N) is 4. The molecule has 0 saturated carbocycles. The summed E-state index contributed by atoms with van der Waals surface area (Å²) >= 11 is 0. The number of aromatic amines is 1. The summed E-state index contributed by atoms with van der Waals surface area (Å²) in [5, 5.41) is 7.77. The number of fused-ring (bicyclic) bond motifs is 1. The van der Waals surface area contributed by atoms with Gasteiger partial charge < -0.3 is 9.80 Å². The minimum atomic E-state index is 0.854. The van der Waals surface area contributed by atoms with Crippen LogP contribution in [-0.4, -0.2) is 28.4 Å². The molecule has 1 aliphatic rings. The molecule has 2 aromatic heterocycles. The summed E-state index contributed by atoms with van der Waals surface area (Å²) in [6.07, 6.45) is 6.36. The molecule has 0 spiro atoms. The molecule has 1 aliphatic heterocycles. The van der Waals surface area contributed by atoms with Crippen LogP contribution in [0.25, 0.3) is 11.1 Å². The maximum Gasteiger partial charge on any atom is 0.158 e. The van der Waals surface area contributed by atoms with Crippen LogP contribution in [0, 0.1) is 6.92 Å². The molecule has 5 rings (SSSR count). The SMILES string of the molecule is Cc1[nH]nc(CCCCCN2CN(c3ccccc3)c3ncccc32)c1-c1ccccc1. The lowest BCUT2D eigenvalue weighted by Gasteiger charge is -2.21. The topological polar surface area (TPSA) is 48.1 Å². The Morgan fingerprint density at radius 2 is 1.66 bits per heavy atom. The second-order valence-electron chi connectivity index (χ2n) is 8.36. The third-order valence-electron chi connectivity index (χ3n) is 6.17. The van der Waals surface area contributed by atoms with Gasteiger partial charge in [-0.2, -0.15) is 5.10 Å². The fraction of sp³-hybridized carbons (Fsp3) is 0.259. The average molecular weight is 424 g/mol. The average Bonchev–Trinajstić information content (AvgIpc) is 3.40. The minimum Gasteiger partial charge on any atom is -0.350 e. The molecule has 32 heavy (non-hydrogen) atoms. The van der Waals surface area contributed by atoms with Gasteiger partial charge in [-0.05, 0) is 56.0 Å². The number of aryl methyl sites for hydroxylation is 2. The molecule has 0 unspecified atom stereocenters. The number of anilines is 3. The van der Waals surface area contributed by atoms with Crippen molar-refractivity contribution in [2.75, 3.05) is 23.0 Å². The monoisotopic (exact) mass is 423 g/mol. The summed E-state index contributed by atoms with van der Waals surface area (Å²) in [7, 11) is 0. The van der Waals surface area contributed by atoms with Crippen molar-refractivity contribution in [1.29, 1.82) is 0 Å². The number of unbranched alkanes of at least 4 members (excludes halogenated alkanes) is 2. The zero-order chi connectivity index (χ0) is 21.8. The number of benzene rings is 2. The van der Waals surface area contributed by atoms with Gasteiger partial charge in [-0.1, -0.05) is 55.0 Å². The first kappa shape index (κ1) is 20.3. The van der Waals surface area contributed by atoms with E-state index in [1.165, 1.54) is 34.6 Å². The standard InChI is InChI=1S/C27H29N5/c1-21-26(22-12-5-2-6-13-22)24(30-29-21)16-9-4-10-19-31-20-32(23-14-7-3-8-15-23)27-25(31)17-11-18-28-27/h2-3,5-8,11-15,17-18H,4,9-10,16,19-20H2,1H3,(H,29,30). The molecular formula is C27H29N5. The van der Waals surface area contributed by atoms with Crippen LogP contribution < -0.4 is 9.80 Å². The van der Waals surface area contributed by atoms with Crippen LogP contribution in [0.4, 0.5) is 17.2 Å². The highest BCUT2D eigenvalue weighted by atomic mass is 15.4. The number of pyridine rings is 1. The van der Waals surface area contributed by atoms with Crippen LogP contribution in [0.5, 0.6) is 0 Å². The van der Waals surface area contributed by atoms with Crippen LogP contribution >= 0.6 is 0 Å². The van der Waals surface area contributed by atoms with Gasteiger partial charge in [0.25, 0.3) is 0 Å². The second kappa shape index (κ2) is 9.27. The van der Waals surface area contributed by atoms with E-state index in [0.29, 0.717) is 0 Å². The van der Waals surface area contributed by atoms with Gasteiger partial charge in [0, 0.05) is 29.7 Å². The number of H-pyrrole nitrogens is 1. The van der Waals surface area contributed by atoms with Crippen molar-refractivity contribution in [1.82, 2.24) is 15.2 Å². The number of hydrogen-bond donors (Lipinski definition) is 1. The molecule has 3 heterocycles. The van der Waals surface area contributed by atoms with E-state index >= 15 is 0 Å². The Morgan fingerprint density at radius 1 is 0.875 bits per heavy atom. The first-order valence-corrected chi connectivity index (χ1v) is 11.4. The number of para-hydroxylation sites is 1. The van der Waals surface area contributed by atoms with Crippen molar-refractivity contribution in [2.45, 2.75) is 32.6 Å². The lowest BCUT2D eigenvalue weighted by molar-refractivity contribution is 0.654. The summed E-state index contributed by atoms with van der Waals surface area (Å²) in [6.45, 7) is 4.00. The highest BCUT2D eigenvalue weighted by molar-refractivity contribution is 5.78. The third kappa shape index (κ3) is 4.11. The smallest absolute Gasteiger partial charge is 0.158 e. The predicted molar refractivity (Wildman–Crippen MR) is 131 cm³/mol. The van der Waals surface area contributed by atoms with Crippen LogP contribution in [-0.2, 0) is 6.42 Å². The molecule has 0 bridgehead atoms. The Hall–Kier alpha value is -3.60. The highest BCUT2D eigenvalue weighted by Gasteiger charge is 2.27. The van der Waals surface area contributed by atoms with Gasteiger partial charge in [0.15, 0.2) is 5.82 Å². The van der Waals surface area contributed by atoms with Gasteiger partial charge >= 0.3 is 0 Å². The number of rotatable bonds is 8. The number of hydrogen-bond acceptors (Lipinski definition) is 4. The number of nitrogens with one attached hydrogen (secondary N) is 1. The van der Waals surface area contributed by atoms with Crippen molar-refractivity contribution < 1.29 is 0 Å². The Bertz CT molecular complexity index is 1150. The lowest BCUT2D eigenvalue weighted by Crippen LogP contribution is -2.28. The summed E-state index contributed by atoms with van der Waals surface area (Å²) in [5.74, 6) is 1.05. The molecule has 0 radical (unpaired) electrons. The summed E-state index contributed by atoms with van der Waals surface area (Å²) in [4.78, 5) is 9.41. The molecule has 4 aromatic rings. The Kier molecular flexibility index (Phi) is 5.88. The zero-order valence-corrected chi connectivity index (χ0v) is 18.5. The molecule has 0 atom stereocenters. The van der Waals surface area contributed by atoms with Gasteiger partial charge in [0.2, 0.25) is 0 Å². The van der Waals surface area contributed by atoms with E-state index in [1.807, 2.05) is 12.3 Å². The van der Waals surface area contributed by atoms with E-state index in [1.54, 1.807) is 0 Å². The molecular weight excluding hydrogens is 394 g/mol. The van der Waals surface area contributed by atoms with E-state index in [-0.39, 0.29) is 0 Å². The maximum atomic E-state index is 4.66. The maximum absolute atomic E-state index is 4.66. The lowest BCUT2D eigenvalue weighted by atomic mass is 10.0. The van der Waals surface area contributed by atoms with Crippen molar-refractivity contribution in [3.8, 4) is 11.1 Å². The molecule has 1 N–H and O–H groups in total. The van der Waals surface area contributed by atoms with Gasteiger partial charge in [-0.15, -0.1) is 0 Å². The molecule has 0 saturated heterocycles. The summed E-state index contributed by atoms with van der Waals surface area (Å²) < 4.78 is 0. The second-order valence-corrected chi connectivity index (χ2v) is 8.36. The molecule has 5 heteroatoms. The van der Waals surface area contributed by atoms with E-state index < -0.39 is 0 Å². The predicted octanol–water partition coefficient (Wildman–Crippen LogP) is 6.11. The fourth-order valence-corrected chi connectivity index (χ4v) is 4.58. The number of aromatic nitrogens is 3. The summed E-state index contributed by atoms with van der Waals surface area (Å²) in [6, 6.07) is 25.3. The van der Waals surface area contributed by atoms with Crippen LogP contribution in [0.2, 0.25) is 0 Å². The zero-order valence-electron chi connectivity index (χ0n) is 18.5. The first-order chi connectivity index (χ1) is 15.8. The molecule has 0 amide bonds. The van der Waals surface area contributed by atoms with Gasteiger partial charge in [0.1, 0.15) is 0 Å². The molecule has 162 valence electrons. The quantitative estimate of drug-likeness (QED) is 0.347. The highest BCUT2D eigenvalue weighted by Crippen LogP contribution is 2.38. The van der Waals surface area contributed by atoms with Gasteiger partial charge in [-0.3, -0.25) is 5.10 Å². The van der Waals surface area contributed by atoms with Crippen molar-refractivity contribution >= 4 is 17.2 Å². The Balaban J connectivity index is 1.18. The van der Waals surface area contributed by atoms with E-state index in [4.69, 9.17) is 0 Å². The third-order valence-corrected chi connectivity index (χ3v) is 6.17. The van der Waals surface area contributed by atoms with Gasteiger partial charge in [0.05, 0.1) is 18.1 Å². The largest absolute Gasteiger partial charge is 0.350 e. The Morgan fingerprint density at radius 3 is 2.47 bits per heavy atom. The molecule has 5 nitrogen and oxygen atoms in total. The van der Waals surface area contributed by atoms with Gasteiger partial charge in [-0.25, -0.2) is 4.98 Å². The van der Waals surface area contributed by atoms with Crippen LogP contribution in [0.3, 0.4) is 0 Å². The first-order valence-electron chi connectivity index (χ1n) is 11.4. The van der Waals surface area contributed by atoms with E-state index in [9.17, 15) is 0 Å². The minimum absolute atomic E-state index is 0.854. The fourth-order valence-electron chi connectivity index (χ4n) is 4.58. The molecule has 0 fully saturated rings. The molecule has 2 aromatic carbocycles. The van der Waals surface area contributed by atoms with Crippen molar-refractivity contribution in [3.05, 3.63) is 90.4 Å². The van der Waals surface area contributed by atoms with Crippen molar-refractivity contribution in [3.63, 3.8) is 0 Å². The van der Waals surface area contributed by atoms with E-state index in [2.05, 4.69) is 98.6 Å². The normalized spacial score (nSPS) is 12.9. The Labute approximate surface area is 189 Å². The van der Waals surface area contributed by atoms with Crippen LogP contribution in [0.1, 0.15) is 30.7 Å². The van der Waals surface area contributed by atoms with Crippen molar-refractivity contribution in [2.24, 2.45) is 0 Å². The molecule has 0 aliphatic carbocycles. The van der Waals surface area contributed by atoms with E-state index in [0.717, 1.165) is 44.0 Å². The van der Waals surface area contributed by atoms with Crippen LogP contribution in [0.15, 0.2) is 79.0 Å². The summed E-state index contributed by atoms with van der Waals surface area (Å²) in [5.41, 5.74) is 7.26.